The van der Waals surface area contributed by atoms with E-state index in [1.807, 2.05) is 13.8 Å². The molecule has 3 heteroatoms. The van der Waals surface area contributed by atoms with Crippen LogP contribution in [0.15, 0.2) is 0 Å². The third kappa shape index (κ3) is 6.94. The maximum absolute atomic E-state index is 8.98. The van der Waals surface area contributed by atoms with Crippen molar-refractivity contribution < 1.29 is 0 Å². The first-order valence-corrected chi connectivity index (χ1v) is 7.79. The van der Waals surface area contributed by atoms with Crippen molar-refractivity contribution in [3.8, 4) is 6.07 Å². The van der Waals surface area contributed by atoms with E-state index < -0.39 is 0 Å². The van der Waals surface area contributed by atoms with E-state index >= 15 is 0 Å². The van der Waals surface area contributed by atoms with Gasteiger partial charge in [-0.05, 0) is 39.2 Å². The molecule has 0 aromatic heterocycles. The van der Waals surface area contributed by atoms with E-state index in [4.69, 9.17) is 5.26 Å². The lowest BCUT2D eigenvalue weighted by molar-refractivity contribution is 0.120. The average molecular weight is 265 g/mol. The maximum Gasteiger partial charge on any atom is 0.0683 e. The fraction of sp³-hybridized carbons (Fsp3) is 0.938. The Hall–Kier alpha value is -0.590. The highest BCUT2D eigenvalue weighted by molar-refractivity contribution is 4.91. The number of unbranched alkanes of at least 4 members (excludes halogenated alkanes) is 1. The van der Waals surface area contributed by atoms with E-state index in [9.17, 15) is 0 Å². The lowest BCUT2D eigenvalue weighted by Crippen LogP contribution is -2.47. The molecule has 0 aromatic carbocycles. The Kier molecular flexibility index (Phi) is 6.82. The summed E-state index contributed by atoms with van der Waals surface area (Å²) in [6.45, 7) is 16.0. The van der Waals surface area contributed by atoms with Crippen LogP contribution < -0.4 is 0 Å². The molecular formula is C16H31N3. The van der Waals surface area contributed by atoms with Crippen LogP contribution >= 0.6 is 0 Å². The lowest BCUT2D eigenvalue weighted by atomic mass is 9.89. The summed E-state index contributed by atoms with van der Waals surface area (Å²) in [4.78, 5) is 5.16. The average Bonchev–Trinajstić information content (AvgIpc) is 2.36. The monoisotopic (exact) mass is 265 g/mol. The topological polar surface area (TPSA) is 30.3 Å². The largest absolute Gasteiger partial charge is 0.301 e. The number of piperazine rings is 1. The molecule has 1 fully saturated rings. The van der Waals surface area contributed by atoms with Crippen LogP contribution in [-0.4, -0.2) is 49.1 Å². The summed E-state index contributed by atoms with van der Waals surface area (Å²) in [5, 5.41) is 8.98. The van der Waals surface area contributed by atoms with Crippen LogP contribution in [0.5, 0.6) is 0 Å². The summed E-state index contributed by atoms with van der Waals surface area (Å²) in [7, 11) is 0. The highest BCUT2D eigenvalue weighted by Gasteiger charge is 2.18. The van der Waals surface area contributed by atoms with Gasteiger partial charge in [-0.2, -0.15) is 5.26 Å². The molecule has 19 heavy (non-hydrogen) atoms. The van der Waals surface area contributed by atoms with Gasteiger partial charge in [0.1, 0.15) is 0 Å². The molecule has 0 unspecified atom stereocenters. The zero-order valence-corrected chi connectivity index (χ0v) is 13.3. The van der Waals surface area contributed by atoms with Crippen molar-refractivity contribution in [3.63, 3.8) is 0 Å². The fourth-order valence-electron chi connectivity index (χ4n) is 2.67. The quantitative estimate of drug-likeness (QED) is 0.663. The van der Waals surface area contributed by atoms with Crippen molar-refractivity contribution >= 4 is 0 Å². The smallest absolute Gasteiger partial charge is 0.0683 e. The van der Waals surface area contributed by atoms with E-state index in [1.54, 1.807) is 0 Å². The zero-order valence-electron chi connectivity index (χ0n) is 13.3. The highest BCUT2D eigenvalue weighted by atomic mass is 15.3. The van der Waals surface area contributed by atoms with Gasteiger partial charge >= 0.3 is 0 Å². The van der Waals surface area contributed by atoms with Crippen LogP contribution in [0.25, 0.3) is 0 Å². The fourth-order valence-corrected chi connectivity index (χ4v) is 2.67. The van der Waals surface area contributed by atoms with Gasteiger partial charge in [-0.3, -0.25) is 0 Å². The first-order chi connectivity index (χ1) is 8.93. The second kappa shape index (κ2) is 7.87. The zero-order chi connectivity index (χ0) is 14.3. The van der Waals surface area contributed by atoms with Gasteiger partial charge < -0.3 is 9.80 Å². The molecule has 1 heterocycles. The molecule has 0 aromatic rings. The first-order valence-electron chi connectivity index (χ1n) is 7.79. The molecule has 1 rings (SSSR count). The van der Waals surface area contributed by atoms with E-state index in [-0.39, 0.29) is 5.41 Å². The van der Waals surface area contributed by atoms with Crippen LogP contribution in [-0.2, 0) is 0 Å². The predicted octanol–water partition coefficient (Wildman–Crippen LogP) is 2.98. The van der Waals surface area contributed by atoms with Crippen LogP contribution in [0.1, 0.15) is 47.0 Å². The summed E-state index contributed by atoms with van der Waals surface area (Å²) in [6.07, 6.45) is 3.43. The molecule has 0 amide bonds. The Balaban J connectivity index is 2.09. The second-order valence-corrected chi connectivity index (χ2v) is 6.99. The van der Waals surface area contributed by atoms with Gasteiger partial charge in [-0.25, -0.2) is 0 Å². The molecule has 0 N–H and O–H groups in total. The van der Waals surface area contributed by atoms with E-state index in [1.165, 1.54) is 52.1 Å². The number of rotatable bonds is 7. The molecule has 110 valence electrons. The minimum atomic E-state index is -0.143. The van der Waals surface area contributed by atoms with E-state index in [0.29, 0.717) is 0 Å². The van der Waals surface area contributed by atoms with Crippen molar-refractivity contribution in [1.82, 2.24) is 9.80 Å². The maximum atomic E-state index is 8.98. The third-order valence-corrected chi connectivity index (χ3v) is 3.92. The molecule has 3 nitrogen and oxygen atoms in total. The van der Waals surface area contributed by atoms with Crippen LogP contribution in [0.2, 0.25) is 0 Å². The van der Waals surface area contributed by atoms with Gasteiger partial charge in [-0.1, -0.05) is 20.3 Å². The highest BCUT2D eigenvalue weighted by Crippen LogP contribution is 2.21. The predicted molar refractivity (Wildman–Crippen MR) is 81.0 cm³/mol. The summed E-state index contributed by atoms with van der Waals surface area (Å²) < 4.78 is 0. The molecule has 0 bridgehead atoms. The first kappa shape index (κ1) is 16.5. The molecule has 1 saturated heterocycles. The Morgan fingerprint density at radius 1 is 1.05 bits per heavy atom. The number of nitriles is 1. The Labute approximate surface area is 119 Å². The molecular weight excluding hydrogens is 234 g/mol. The van der Waals surface area contributed by atoms with Crippen molar-refractivity contribution in [2.45, 2.75) is 47.0 Å². The number of hydrogen-bond acceptors (Lipinski definition) is 3. The van der Waals surface area contributed by atoms with Gasteiger partial charge in [0.25, 0.3) is 0 Å². The summed E-state index contributed by atoms with van der Waals surface area (Å²) in [5.74, 6) is 0.778. The number of hydrogen-bond donors (Lipinski definition) is 0. The van der Waals surface area contributed by atoms with Crippen molar-refractivity contribution in [1.29, 1.82) is 5.26 Å². The van der Waals surface area contributed by atoms with E-state index in [0.717, 1.165) is 12.3 Å². The Morgan fingerprint density at radius 2 is 1.63 bits per heavy atom. The Bertz CT molecular complexity index is 283. The minimum absolute atomic E-state index is 0.143. The molecule has 0 radical (unpaired) electrons. The van der Waals surface area contributed by atoms with Crippen LogP contribution in [0.3, 0.4) is 0 Å². The standard InChI is InChI=1S/C16H31N3/c1-15(2)13-19-11-9-18(10-12-19)8-6-5-7-16(3,4)14-17/h15H,5-13H2,1-4H3. The van der Waals surface area contributed by atoms with Crippen molar-refractivity contribution in [2.75, 3.05) is 39.3 Å². The second-order valence-electron chi connectivity index (χ2n) is 6.99. The van der Waals surface area contributed by atoms with Crippen molar-refractivity contribution in [3.05, 3.63) is 0 Å². The molecule has 0 atom stereocenters. The normalized spacial score (nSPS) is 18.7. The molecule has 1 aliphatic rings. The minimum Gasteiger partial charge on any atom is -0.301 e. The summed E-state index contributed by atoms with van der Waals surface area (Å²) in [6, 6.07) is 2.38. The summed E-state index contributed by atoms with van der Waals surface area (Å²) in [5.41, 5.74) is -0.143. The van der Waals surface area contributed by atoms with Gasteiger partial charge in [-0.15, -0.1) is 0 Å². The Morgan fingerprint density at radius 3 is 2.16 bits per heavy atom. The van der Waals surface area contributed by atoms with Crippen LogP contribution in [0.4, 0.5) is 0 Å². The van der Waals surface area contributed by atoms with Gasteiger partial charge in [0.05, 0.1) is 11.5 Å². The molecule has 1 aliphatic heterocycles. The van der Waals surface area contributed by atoms with Gasteiger partial charge in [0.2, 0.25) is 0 Å². The van der Waals surface area contributed by atoms with Crippen LogP contribution in [0, 0.1) is 22.7 Å². The molecule has 0 spiro atoms. The molecule has 0 aliphatic carbocycles. The van der Waals surface area contributed by atoms with Gasteiger partial charge in [0.15, 0.2) is 0 Å². The number of nitrogens with zero attached hydrogens (tertiary/aromatic N) is 3. The molecule has 0 saturated carbocycles. The van der Waals surface area contributed by atoms with Crippen molar-refractivity contribution in [2.24, 2.45) is 11.3 Å². The van der Waals surface area contributed by atoms with E-state index in [2.05, 4.69) is 29.7 Å². The summed E-state index contributed by atoms with van der Waals surface area (Å²) >= 11 is 0. The third-order valence-electron chi connectivity index (χ3n) is 3.92. The SMILES string of the molecule is CC(C)CN1CCN(CCCCC(C)(C)C#N)CC1. The lowest BCUT2D eigenvalue weighted by Gasteiger charge is -2.35. The van der Waals surface area contributed by atoms with Gasteiger partial charge in [0, 0.05) is 32.7 Å².